The Morgan fingerprint density at radius 3 is 2.47 bits per heavy atom. The Hall–Kier alpha value is -4.12. The van der Waals surface area contributed by atoms with E-state index in [9.17, 15) is 14.7 Å². The average molecular weight is 647 g/mol. The molecule has 0 fully saturated rings. The molecule has 254 valence electrons. The van der Waals surface area contributed by atoms with Crippen LogP contribution < -0.4 is 20.1 Å². The normalized spacial score (nSPS) is 20.0. The number of methoxy groups -OCH3 is 1. The Kier molecular flexibility index (Phi) is 13.5. The number of aliphatic hydroxyl groups excluding tert-OH is 1. The lowest BCUT2D eigenvalue weighted by atomic mass is 10.0. The van der Waals surface area contributed by atoms with Gasteiger partial charge in [0.15, 0.2) is 0 Å². The monoisotopic (exact) mass is 646 g/mol. The highest BCUT2D eigenvalue weighted by molar-refractivity contribution is 6.02. The molecule has 10 nitrogen and oxygen atoms in total. The second-order valence-electron chi connectivity index (χ2n) is 12.5. The zero-order valence-electron chi connectivity index (χ0n) is 28.3. The van der Waals surface area contributed by atoms with E-state index in [0.717, 1.165) is 31.6 Å². The highest BCUT2D eigenvalue weighted by Crippen LogP contribution is 2.29. The first-order valence-electron chi connectivity index (χ1n) is 16.5. The molecular weight excluding hydrogens is 596 g/mol. The van der Waals surface area contributed by atoms with Gasteiger partial charge in [0.05, 0.1) is 37.5 Å². The first-order valence-corrected chi connectivity index (χ1v) is 16.5. The molecule has 3 aromatic rings. The van der Waals surface area contributed by atoms with E-state index in [-0.39, 0.29) is 30.6 Å². The Morgan fingerprint density at radius 2 is 1.77 bits per heavy atom. The summed E-state index contributed by atoms with van der Waals surface area (Å²) in [6.07, 6.45) is 2.32. The van der Waals surface area contributed by atoms with E-state index in [4.69, 9.17) is 14.2 Å². The van der Waals surface area contributed by atoms with Crippen LogP contribution in [0.15, 0.2) is 72.8 Å². The third-order valence-electron chi connectivity index (χ3n) is 8.44. The van der Waals surface area contributed by atoms with Crippen molar-refractivity contribution >= 4 is 23.3 Å². The van der Waals surface area contributed by atoms with Crippen molar-refractivity contribution in [2.24, 2.45) is 5.92 Å². The van der Waals surface area contributed by atoms with Crippen molar-refractivity contribution in [3.05, 3.63) is 83.9 Å². The van der Waals surface area contributed by atoms with E-state index in [2.05, 4.69) is 41.6 Å². The molecule has 0 saturated heterocycles. The number of carbonyl (C=O) groups is 2. The highest BCUT2D eigenvalue weighted by Gasteiger charge is 2.30. The van der Waals surface area contributed by atoms with Crippen LogP contribution >= 0.6 is 0 Å². The molecule has 10 heteroatoms. The van der Waals surface area contributed by atoms with Crippen LogP contribution in [-0.4, -0.2) is 85.6 Å². The molecule has 3 amide bonds. The summed E-state index contributed by atoms with van der Waals surface area (Å²) in [6, 6.07) is 21.4. The van der Waals surface area contributed by atoms with Gasteiger partial charge in [-0.1, -0.05) is 37.3 Å². The molecule has 1 heterocycles. The van der Waals surface area contributed by atoms with E-state index >= 15 is 0 Å². The maximum atomic E-state index is 14.4. The Morgan fingerprint density at radius 1 is 1.04 bits per heavy atom. The summed E-state index contributed by atoms with van der Waals surface area (Å²) < 4.78 is 18.1. The maximum Gasteiger partial charge on any atom is 0.323 e. The average Bonchev–Trinajstić information content (AvgIpc) is 3.06. The van der Waals surface area contributed by atoms with Crippen molar-refractivity contribution in [1.82, 2.24) is 9.80 Å². The van der Waals surface area contributed by atoms with Crippen molar-refractivity contribution in [2.45, 2.75) is 64.8 Å². The number of hydrogen-bond acceptors (Lipinski definition) is 7. The molecule has 0 bridgehead atoms. The second-order valence-corrected chi connectivity index (χ2v) is 12.5. The molecule has 0 aromatic heterocycles. The molecule has 4 rings (SSSR count). The van der Waals surface area contributed by atoms with Crippen LogP contribution in [0.3, 0.4) is 0 Å². The number of amides is 3. The fraction of sp³-hybridized carbons (Fsp3) is 0.459. The summed E-state index contributed by atoms with van der Waals surface area (Å²) in [7, 11) is 3.73. The van der Waals surface area contributed by atoms with Gasteiger partial charge in [-0.05, 0) is 88.2 Å². The summed E-state index contributed by atoms with van der Waals surface area (Å²) in [4.78, 5) is 31.1. The molecule has 0 spiro atoms. The minimum absolute atomic E-state index is 0.0459. The smallest absolute Gasteiger partial charge is 0.323 e. The molecule has 1 aliphatic heterocycles. The van der Waals surface area contributed by atoms with E-state index < -0.39 is 12.1 Å². The van der Waals surface area contributed by atoms with E-state index in [1.807, 2.05) is 44.2 Å². The van der Waals surface area contributed by atoms with Crippen molar-refractivity contribution in [2.75, 3.05) is 51.1 Å². The standard InChI is InChI=1S/C37H50N4O6/c1-26-22-41(27(2)25-42)36(43)33-21-31(39-37(44)38-30-12-7-6-8-13-30)16-19-34(33)47-28(3)11-9-10-20-46-35(26)24-40(4)23-29-14-17-32(45-5)18-15-29/h6-8,12-19,21,26-28,35,42H,9-11,20,22-25H2,1-5H3,(H2,38,39,44)/t26-,27+,28-,35-/m0/s1. The second kappa shape index (κ2) is 17.7. The third kappa shape index (κ3) is 10.7. The molecule has 47 heavy (non-hydrogen) atoms. The summed E-state index contributed by atoms with van der Waals surface area (Å²) in [5.41, 5.74) is 2.60. The lowest BCUT2D eigenvalue weighted by molar-refractivity contribution is -0.0177. The number of nitrogens with zero attached hydrogens (tertiary/aromatic N) is 2. The number of fused-ring (bicyclic) bond motifs is 1. The highest BCUT2D eigenvalue weighted by atomic mass is 16.5. The minimum Gasteiger partial charge on any atom is -0.497 e. The summed E-state index contributed by atoms with van der Waals surface area (Å²) in [5, 5.41) is 15.9. The number of aliphatic hydroxyl groups is 1. The van der Waals surface area contributed by atoms with Crippen LogP contribution in [0.2, 0.25) is 0 Å². The molecule has 1 aliphatic rings. The number of nitrogens with one attached hydrogen (secondary N) is 2. The number of carbonyl (C=O) groups excluding carboxylic acids is 2. The molecular formula is C37H50N4O6. The number of urea groups is 1. The van der Waals surface area contributed by atoms with E-state index in [1.54, 1.807) is 42.3 Å². The zero-order valence-corrected chi connectivity index (χ0v) is 28.3. The molecule has 0 saturated carbocycles. The van der Waals surface area contributed by atoms with Gasteiger partial charge in [0.2, 0.25) is 0 Å². The molecule has 4 atom stereocenters. The van der Waals surface area contributed by atoms with Gasteiger partial charge >= 0.3 is 6.03 Å². The fourth-order valence-electron chi connectivity index (χ4n) is 5.69. The Bertz CT molecular complexity index is 1420. The lowest BCUT2D eigenvalue weighted by Crippen LogP contribution is -2.47. The lowest BCUT2D eigenvalue weighted by Gasteiger charge is -2.36. The van der Waals surface area contributed by atoms with Crippen molar-refractivity contribution in [1.29, 1.82) is 0 Å². The van der Waals surface area contributed by atoms with Gasteiger partial charge in [-0.15, -0.1) is 0 Å². The molecule has 0 radical (unpaired) electrons. The molecule has 0 unspecified atom stereocenters. The van der Waals surface area contributed by atoms with Gasteiger partial charge < -0.3 is 34.9 Å². The maximum absolute atomic E-state index is 14.4. The van der Waals surface area contributed by atoms with Gasteiger partial charge in [-0.3, -0.25) is 9.69 Å². The molecule has 3 N–H and O–H groups in total. The molecule has 0 aliphatic carbocycles. The van der Waals surface area contributed by atoms with Gasteiger partial charge in [0.1, 0.15) is 11.5 Å². The predicted octanol–water partition coefficient (Wildman–Crippen LogP) is 6.27. The number of hydrogen-bond donors (Lipinski definition) is 3. The predicted molar refractivity (Wildman–Crippen MR) is 185 cm³/mol. The van der Waals surface area contributed by atoms with Crippen molar-refractivity contribution < 1.29 is 28.9 Å². The topological polar surface area (TPSA) is 113 Å². The largest absolute Gasteiger partial charge is 0.497 e. The number of para-hydroxylation sites is 1. The fourth-order valence-corrected chi connectivity index (χ4v) is 5.69. The summed E-state index contributed by atoms with van der Waals surface area (Å²) in [5.74, 6) is 0.941. The van der Waals surface area contributed by atoms with Gasteiger partial charge in [-0.2, -0.15) is 0 Å². The molecule has 3 aromatic carbocycles. The van der Waals surface area contributed by atoms with Crippen molar-refractivity contribution in [3.8, 4) is 11.5 Å². The number of benzene rings is 3. The SMILES string of the molecule is COc1ccc(CN(C)C[C@@H]2OCCCC[C@H](C)Oc3ccc(NC(=O)Nc4ccccc4)cc3C(=O)N([C@H](C)CO)C[C@@H]2C)cc1. The van der Waals surface area contributed by atoms with Crippen LogP contribution in [0, 0.1) is 5.92 Å². The van der Waals surface area contributed by atoms with Crippen LogP contribution in [0.1, 0.15) is 56.0 Å². The van der Waals surface area contributed by atoms with E-state index in [1.165, 1.54) is 5.56 Å². The number of rotatable bonds is 9. The van der Waals surface area contributed by atoms with E-state index in [0.29, 0.717) is 42.4 Å². The van der Waals surface area contributed by atoms with Crippen LogP contribution in [-0.2, 0) is 11.3 Å². The zero-order chi connectivity index (χ0) is 33.8. The Labute approximate surface area is 279 Å². The first kappa shape index (κ1) is 35.7. The number of ether oxygens (including phenoxy) is 3. The number of likely N-dealkylation sites (N-methyl/N-ethyl adjacent to an activating group) is 1. The summed E-state index contributed by atoms with van der Waals surface area (Å²) >= 11 is 0. The van der Waals surface area contributed by atoms with Crippen LogP contribution in [0.4, 0.5) is 16.2 Å². The first-order chi connectivity index (χ1) is 22.7. The quantitative estimate of drug-likeness (QED) is 0.251. The van der Waals surface area contributed by atoms with Crippen LogP contribution in [0.25, 0.3) is 0 Å². The van der Waals surface area contributed by atoms with Crippen LogP contribution in [0.5, 0.6) is 11.5 Å². The number of anilines is 2. The van der Waals surface area contributed by atoms with Gasteiger partial charge in [0, 0.05) is 43.5 Å². The van der Waals surface area contributed by atoms with Crippen molar-refractivity contribution in [3.63, 3.8) is 0 Å². The van der Waals surface area contributed by atoms with Gasteiger partial charge in [0.25, 0.3) is 5.91 Å². The summed E-state index contributed by atoms with van der Waals surface area (Å²) in [6.45, 7) is 8.09. The Balaban J connectivity index is 1.57. The van der Waals surface area contributed by atoms with Gasteiger partial charge in [-0.25, -0.2) is 4.79 Å². The minimum atomic E-state index is -0.459. The third-order valence-corrected chi connectivity index (χ3v) is 8.44.